The zero-order valence-electron chi connectivity index (χ0n) is 17.2. The molecule has 1 aliphatic heterocycles. The van der Waals surface area contributed by atoms with Gasteiger partial charge in [0.25, 0.3) is 0 Å². The number of carboxylic acid groups (broad SMARTS) is 1. The molecule has 0 bridgehead atoms. The quantitative estimate of drug-likeness (QED) is 0.565. The molecule has 32 heavy (non-hydrogen) atoms. The lowest BCUT2D eigenvalue weighted by Crippen LogP contribution is -2.41. The Morgan fingerprint density at radius 1 is 1.00 bits per heavy atom. The summed E-state index contributed by atoms with van der Waals surface area (Å²) in [5, 5.41) is 9.53. The fourth-order valence-electron chi connectivity index (χ4n) is 3.90. The van der Waals surface area contributed by atoms with Gasteiger partial charge in [-0.2, -0.15) is 0 Å². The molecule has 0 fully saturated rings. The van der Waals surface area contributed by atoms with Crippen LogP contribution in [0.2, 0.25) is 5.02 Å². The van der Waals surface area contributed by atoms with E-state index in [0.29, 0.717) is 29.3 Å². The van der Waals surface area contributed by atoms with Crippen LogP contribution >= 0.6 is 11.6 Å². The normalized spacial score (nSPS) is 15.0. The molecule has 1 atom stereocenters. The van der Waals surface area contributed by atoms with Crippen LogP contribution in [-0.2, 0) is 22.6 Å². The molecule has 6 nitrogen and oxygen atoms in total. The lowest BCUT2D eigenvalue weighted by atomic mass is 9.88. The van der Waals surface area contributed by atoms with E-state index in [2.05, 4.69) is 0 Å². The van der Waals surface area contributed by atoms with Crippen molar-refractivity contribution < 1.29 is 24.2 Å². The molecule has 3 aromatic rings. The van der Waals surface area contributed by atoms with Crippen LogP contribution in [0.4, 0.5) is 4.79 Å². The van der Waals surface area contributed by atoms with E-state index in [1.54, 1.807) is 23.1 Å². The van der Waals surface area contributed by atoms with Crippen LogP contribution in [0.1, 0.15) is 28.3 Å². The molecule has 0 saturated heterocycles. The number of ether oxygens (including phenoxy) is 2. The molecular formula is C25H22ClNO5. The fraction of sp³-hybridized carbons (Fsp3) is 0.200. The summed E-state index contributed by atoms with van der Waals surface area (Å²) in [5.41, 5.74) is 3.54. The van der Waals surface area contributed by atoms with E-state index in [4.69, 9.17) is 26.2 Å². The predicted octanol–water partition coefficient (Wildman–Crippen LogP) is 5.09. The highest BCUT2D eigenvalue weighted by molar-refractivity contribution is 6.30. The van der Waals surface area contributed by atoms with Gasteiger partial charge >= 0.3 is 12.1 Å². The average Bonchev–Trinajstić information content (AvgIpc) is 2.81. The molecule has 0 radical (unpaired) electrons. The second kappa shape index (κ2) is 9.75. The summed E-state index contributed by atoms with van der Waals surface area (Å²) in [4.78, 5) is 25.9. The molecule has 164 valence electrons. The minimum atomic E-state index is -1.09. The zero-order chi connectivity index (χ0) is 22.5. The lowest BCUT2D eigenvalue weighted by Gasteiger charge is -2.37. The molecule has 1 amide bonds. The minimum Gasteiger partial charge on any atom is -0.482 e. The maximum atomic E-state index is 13.2. The first-order valence-electron chi connectivity index (χ1n) is 10.2. The lowest BCUT2D eigenvalue weighted by molar-refractivity contribution is -0.139. The van der Waals surface area contributed by atoms with Crippen LogP contribution in [-0.4, -0.2) is 35.2 Å². The van der Waals surface area contributed by atoms with Gasteiger partial charge in [0.05, 0.1) is 6.04 Å². The van der Waals surface area contributed by atoms with E-state index in [1.807, 2.05) is 54.6 Å². The summed E-state index contributed by atoms with van der Waals surface area (Å²) < 4.78 is 11.2. The third-order valence-corrected chi connectivity index (χ3v) is 5.58. The molecule has 4 rings (SSSR count). The molecule has 0 spiro atoms. The molecule has 3 aromatic carbocycles. The number of benzene rings is 3. The average molecular weight is 452 g/mol. The maximum Gasteiger partial charge on any atom is 0.410 e. The number of amides is 1. The van der Waals surface area contributed by atoms with E-state index < -0.39 is 24.7 Å². The number of carbonyl (C=O) groups is 2. The second-order valence-electron chi connectivity index (χ2n) is 7.45. The fourth-order valence-corrected chi connectivity index (χ4v) is 4.09. The van der Waals surface area contributed by atoms with Gasteiger partial charge in [0.2, 0.25) is 0 Å². The Morgan fingerprint density at radius 2 is 1.75 bits per heavy atom. The van der Waals surface area contributed by atoms with Gasteiger partial charge in [-0.15, -0.1) is 0 Å². The summed E-state index contributed by atoms with van der Waals surface area (Å²) in [6.07, 6.45) is 0.219. The molecule has 0 aliphatic carbocycles. The molecule has 7 heteroatoms. The van der Waals surface area contributed by atoms with Crippen LogP contribution in [0.3, 0.4) is 0 Å². The Hall–Kier alpha value is -3.51. The van der Waals surface area contributed by atoms with E-state index in [-0.39, 0.29) is 6.61 Å². The third-order valence-electron chi connectivity index (χ3n) is 5.34. The summed E-state index contributed by atoms with van der Waals surface area (Å²) in [5.74, 6) is -0.728. The van der Waals surface area contributed by atoms with Gasteiger partial charge < -0.3 is 14.6 Å². The Kier molecular flexibility index (Phi) is 6.61. The van der Waals surface area contributed by atoms with Crippen molar-refractivity contribution in [2.24, 2.45) is 0 Å². The van der Waals surface area contributed by atoms with Crippen molar-refractivity contribution in [3.8, 4) is 5.75 Å². The van der Waals surface area contributed by atoms with Crippen LogP contribution in [0, 0.1) is 0 Å². The second-order valence-corrected chi connectivity index (χ2v) is 7.89. The zero-order valence-corrected chi connectivity index (χ0v) is 18.0. The number of rotatable bonds is 6. The van der Waals surface area contributed by atoms with Crippen LogP contribution in [0.5, 0.6) is 5.75 Å². The van der Waals surface area contributed by atoms with E-state index in [1.165, 1.54) is 0 Å². The summed E-state index contributed by atoms with van der Waals surface area (Å²) in [7, 11) is 0. The van der Waals surface area contributed by atoms with Gasteiger partial charge in [0.15, 0.2) is 6.61 Å². The van der Waals surface area contributed by atoms with Gasteiger partial charge in [0, 0.05) is 17.1 Å². The highest BCUT2D eigenvalue weighted by atomic mass is 35.5. The van der Waals surface area contributed by atoms with Crippen molar-refractivity contribution in [3.63, 3.8) is 0 Å². The topological polar surface area (TPSA) is 76.1 Å². The predicted molar refractivity (Wildman–Crippen MR) is 120 cm³/mol. The van der Waals surface area contributed by atoms with Crippen molar-refractivity contribution >= 4 is 23.7 Å². The van der Waals surface area contributed by atoms with E-state index in [9.17, 15) is 9.59 Å². The number of halogens is 1. The number of hydrogen-bond acceptors (Lipinski definition) is 4. The van der Waals surface area contributed by atoms with Crippen molar-refractivity contribution in [2.75, 3.05) is 13.2 Å². The first-order chi connectivity index (χ1) is 15.5. The Labute approximate surface area is 191 Å². The van der Waals surface area contributed by atoms with Crippen molar-refractivity contribution in [1.29, 1.82) is 0 Å². The first kappa shape index (κ1) is 21.7. The summed E-state index contributed by atoms with van der Waals surface area (Å²) in [6.45, 7) is 0.101. The highest BCUT2D eigenvalue weighted by Crippen LogP contribution is 2.40. The monoisotopic (exact) mass is 451 g/mol. The van der Waals surface area contributed by atoms with Crippen LogP contribution < -0.4 is 4.74 Å². The summed E-state index contributed by atoms with van der Waals surface area (Å²) in [6, 6.07) is 21.8. The SMILES string of the molecule is O=C(O)COc1ccc(Cl)cc1[C@@H]1c2ccccc2CCN1C(=O)OCc1ccccc1. The Bertz CT molecular complexity index is 1120. The molecule has 1 aliphatic rings. The van der Waals surface area contributed by atoms with Crippen molar-refractivity contribution in [3.05, 3.63) is 100 Å². The Balaban J connectivity index is 1.69. The van der Waals surface area contributed by atoms with Crippen LogP contribution in [0.15, 0.2) is 72.8 Å². The van der Waals surface area contributed by atoms with Gasteiger partial charge in [-0.3, -0.25) is 4.90 Å². The number of carboxylic acids is 1. The molecule has 0 unspecified atom stereocenters. The van der Waals surface area contributed by atoms with Gasteiger partial charge in [-0.05, 0) is 41.3 Å². The largest absolute Gasteiger partial charge is 0.482 e. The smallest absolute Gasteiger partial charge is 0.410 e. The maximum absolute atomic E-state index is 13.2. The van der Waals surface area contributed by atoms with Gasteiger partial charge in [-0.25, -0.2) is 9.59 Å². The number of carbonyl (C=O) groups excluding carboxylic acids is 1. The number of nitrogens with zero attached hydrogens (tertiary/aromatic N) is 1. The first-order valence-corrected chi connectivity index (χ1v) is 10.6. The number of hydrogen-bond donors (Lipinski definition) is 1. The standard InChI is InChI=1S/C25H22ClNO5/c26-19-10-11-22(31-16-23(28)29)21(14-19)24-20-9-5-4-8-18(20)12-13-27(24)25(30)32-15-17-6-2-1-3-7-17/h1-11,14,24H,12-13,15-16H2,(H,28,29)/t24-/m0/s1. The third kappa shape index (κ3) is 4.86. The molecule has 0 saturated carbocycles. The molecule has 0 aromatic heterocycles. The minimum absolute atomic E-state index is 0.155. The van der Waals surface area contributed by atoms with E-state index in [0.717, 1.165) is 16.7 Å². The highest BCUT2D eigenvalue weighted by Gasteiger charge is 2.35. The van der Waals surface area contributed by atoms with Crippen molar-refractivity contribution in [1.82, 2.24) is 4.90 Å². The number of fused-ring (bicyclic) bond motifs is 1. The van der Waals surface area contributed by atoms with Crippen LogP contribution in [0.25, 0.3) is 0 Å². The summed E-state index contributed by atoms with van der Waals surface area (Å²) >= 11 is 6.29. The molecular weight excluding hydrogens is 430 g/mol. The molecule has 1 heterocycles. The molecule has 1 N–H and O–H groups in total. The van der Waals surface area contributed by atoms with Gasteiger partial charge in [0.1, 0.15) is 12.4 Å². The number of aliphatic carboxylic acids is 1. The van der Waals surface area contributed by atoms with E-state index >= 15 is 0 Å². The van der Waals surface area contributed by atoms with Crippen molar-refractivity contribution in [2.45, 2.75) is 19.1 Å². The van der Waals surface area contributed by atoms with Gasteiger partial charge in [-0.1, -0.05) is 66.2 Å². The Morgan fingerprint density at radius 3 is 2.53 bits per heavy atom.